The number of carbonyl (C=O) groups is 1. The lowest BCUT2D eigenvalue weighted by molar-refractivity contribution is -0.127. The molecule has 0 spiro atoms. The second-order valence-electron chi connectivity index (χ2n) is 8.37. The molecule has 0 bridgehead atoms. The SMILES string of the molecule is CC(C)c1ccccc1OCCNC(=O)[C@@H](C)Oc1ccc(C(C)(C)C)cc1. The molecule has 1 N–H and O–H groups in total. The van der Waals surface area contributed by atoms with Gasteiger partial charge in [-0.3, -0.25) is 4.79 Å². The number of para-hydroxylation sites is 1. The van der Waals surface area contributed by atoms with Crippen LogP contribution < -0.4 is 14.8 Å². The van der Waals surface area contributed by atoms with Gasteiger partial charge in [-0.2, -0.15) is 0 Å². The van der Waals surface area contributed by atoms with Gasteiger partial charge in [0.25, 0.3) is 5.91 Å². The molecule has 2 aromatic rings. The van der Waals surface area contributed by atoms with E-state index in [1.54, 1.807) is 6.92 Å². The Morgan fingerprint density at radius 1 is 1.00 bits per heavy atom. The molecule has 28 heavy (non-hydrogen) atoms. The van der Waals surface area contributed by atoms with E-state index in [0.717, 1.165) is 5.75 Å². The minimum Gasteiger partial charge on any atom is -0.491 e. The monoisotopic (exact) mass is 383 g/mol. The maximum absolute atomic E-state index is 12.3. The van der Waals surface area contributed by atoms with Crippen LogP contribution in [-0.4, -0.2) is 25.2 Å². The molecule has 0 radical (unpaired) electrons. The highest BCUT2D eigenvalue weighted by molar-refractivity contribution is 5.80. The van der Waals surface area contributed by atoms with Crippen LogP contribution in [0.15, 0.2) is 48.5 Å². The van der Waals surface area contributed by atoms with Crippen molar-refractivity contribution in [1.82, 2.24) is 5.32 Å². The Morgan fingerprint density at radius 2 is 1.64 bits per heavy atom. The summed E-state index contributed by atoms with van der Waals surface area (Å²) in [4.78, 5) is 12.3. The molecule has 2 rings (SSSR count). The van der Waals surface area contributed by atoms with E-state index < -0.39 is 6.10 Å². The number of nitrogens with one attached hydrogen (secondary N) is 1. The summed E-state index contributed by atoms with van der Waals surface area (Å²) in [5.74, 6) is 1.80. The van der Waals surface area contributed by atoms with Gasteiger partial charge >= 0.3 is 0 Å². The summed E-state index contributed by atoms with van der Waals surface area (Å²) in [5.41, 5.74) is 2.50. The highest BCUT2D eigenvalue weighted by Gasteiger charge is 2.16. The second-order valence-corrected chi connectivity index (χ2v) is 8.37. The Labute approximate surface area is 169 Å². The molecule has 152 valence electrons. The fourth-order valence-corrected chi connectivity index (χ4v) is 2.86. The zero-order valence-corrected chi connectivity index (χ0v) is 17.9. The number of hydrogen-bond donors (Lipinski definition) is 1. The predicted octanol–water partition coefficient (Wildman–Crippen LogP) is 5.07. The van der Waals surface area contributed by atoms with Crippen LogP contribution in [0.3, 0.4) is 0 Å². The van der Waals surface area contributed by atoms with E-state index >= 15 is 0 Å². The van der Waals surface area contributed by atoms with Crippen LogP contribution in [0.5, 0.6) is 11.5 Å². The van der Waals surface area contributed by atoms with Gasteiger partial charge < -0.3 is 14.8 Å². The molecule has 4 heteroatoms. The van der Waals surface area contributed by atoms with Crippen LogP contribution in [0, 0.1) is 0 Å². The van der Waals surface area contributed by atoms with Gasteiger partial charge in [0.05, 0.1) is 6.54 Å². The lowest BCUT2D eigenvalue weighted by atomic mass is 9.87. The summed E-state index contributed by atoms with van der Waals surface area (Å²) < 4.78 is 11.6. The topological polar surface area (TPSA) is 47.6 Å². The van der Waals surface area contributed by atoms with E-state index in [-0.39, 0.29) is 11.3 Å². The second kappa shape index (κ2) is 9.63. The molecule has 1 amide bonds. The van der Waals surface area contributed by atoms with Gasteiger partial charge in [0.15, 0.2) is 6.10 Å². The van der Waals surface area contributed by atoms with Crippen LogP contribution in [-0.2, 0) is 10.2 Å². The Hall–Kier alpha value is -2.49. The zero-order valence-electron chi connectivity index (χ0n) is 17.9. The van der Waals surface area contributed by atoms with Crippen LogP contribution >= 0.6 is 0 Å². The van der Waals surface area contributed by atoms with Gasteiger partial charge in [-0.05, 0) is 47.6 Å². The van der Waals surface area contributed by atoms with Crippen molar-refractivity contribution in [2.24, 2.45) is 0 Å². The molecular formula is C24H33NO3. The van der Waals surface area contributed by atoms with E-state index in [4.69, 9.17) is 9.47 Å². The largest absolute Gasteiger partial charge is 0.491 e. The molecule has 2 aromatic carbocycles. The summed E-state index contributed by atoms with van der Waals surface area (Å²) in [7, 11) is 0. The predicted molar refractivity (Wildman–Crippen MR) is 114 cm³/mol. The van der Waals surface area contributed by atoms with Crippen molar-refractivity contribution in [3.05, 3.63) is 59.7 Å². The molecular weight excluding hydrogens is 350 g/mol. The highest BCUT2D eigenvalue weighted by Crippen LogP contribution is 2.26. The quantitative estimate of drug-likeness (QED) is 0.648. The van der Waals surface area contributed by atoms with Crippen LogP contribution in [0.1, 0.15) is 58.6 Å². The van der Waals surface area contributed by atoms with E-state index in [0.29, 0.717) is 24.8 Å². The standard InChI is InChI=1S/C24H33NO3/c1-17(2)21-9-7-8-10-22(21)27-16-15-25-23(26)18(3)28-20-13-11-19(12-14-20)24(4,5)6/h7-14,17-18H,15-16H2,1-6H3,(H,25,26)/t18-/m1/s1. The first-order valence-corrected chi connectivity index (χ1v) is 9.95. The summed E-state index contributed by atoms with van der Waals surface area (Å²) in [6, 6.07) is 15.9. The Bertz CT molecular complexity index is 760. The van der Waals surface area contributed by atoms with Crippen molar-refractivity contribution in [2.45, 2.75) is 59.0 Å². The number of carbonyl (C=O) groups excluding carboxylic acids is 1. The Kier molecular flexibility index (Phi) is 7.50. The van der Waals surface area contributed by atoms with Crippen molar-refractivity contribution in [3.8, 4) is 11.5 Å². The molecule has 0 aliphatic rings. The minimum atomic E-state index is -0.566. The van der Waals surface area contributed by atoms with Gasteiger partial charge in [0.2, 0.25) is 0 Å². The molecule has 0 saturated carbocycles. The van der Waals surface area contributed by atoms with Crippen LogP contribution in [0.25, 0.3) is 0 Å². The van der Waals surface area contributed by atoms with E-state index in [1.807, 2.05) is 42.5 Å². The van der Waals surface area contributed by atoms with Gasteiger partial charge in [0, 0.05) is 0 Å². The average Bonchev–Trinajstić information content (AvgIpc) is 2.65. The molecule has 1 atom stereocenters. The smallest absolute Gasteiger partial charge is 0.260 e. The van der Waals surface area contributed by atoms with Crippen molar-refractivity contribution < 1.29 is 14.3 Å². The lowest BCUT2D eigenvalue weighted by Gasteiger charge is -2.20. The summed E-state index contributed by atoms with van der Waals surface area (Å²) in [6.07, 6.45) is -0.566. The van der Waals surface area contributed by atoms with E-state index in [1.165, 1.54) is 11.1 Å². The molecule has 0 aliphatic heterocycles. The maximum atomic E-state index is 12.3. The number of amides is 1. The number of ether oxygens (including phenoxy) is 2. The fraction of sp³-hybridized carbons (Fsp3) is 0.458. The third kappa shape index (κ3) is 6.29. The minimum absolute atomic E-state index is 0.0930. The van der Waals surface area contributed by atoms with Gasteiger partial charge in [0.1, 0.15) is 18.1 Å². The van der Waals surface area contributed by atoms with Crippen molar-refractivity contribution >= 4 is 5.91 Å². The van der Waals surface area contributed by atoms with Crippen molar-refractivity contribution in [1.29, 1.82) is 0 Å². The molecule has 0 heterocycles. The van der Waals surface area contributed by atoms with Crippen LogP contribution in [0.4, 0.5) is 0 Å². The number of benzene rings is 2. The van der Waals surface area contributed by atoms with Gasteiger partial charge in [-0.15, -0.1) is 0 Å². The van der Waals surface area contributed by atoms with Crippen molar-refractivity contribution in [3.63, 3.8) is 0 Å². The van der Waals surface area contributed by atoms with Gasteiger partial charge in [-0.25, -0.2) is 0 Å². The molecule has 0 aliphatic carbocycles. The molecule has 0 fully saturated rings. The number of rotatable bonds is 8. The summed E-state index contributed by atoms with van der Waals surface area (Å²) in [6.45, 7) is 13.4. The fourth-order valence-electron chi connectivity index (χ4n) is 2.86. The van der Waals surface area contributed by atoms with E-state index in [2.05, 4.69) is 46.0 Å². The molecule has 0 saturated heterocycles. The molecule has 0 unspecified atom stereocenters. The summed E-state index contributed by atoms with van der Waals surface area (Å²) in [5, 5.41) is 2.87. The summed E-state index contributed by atoms with van der Waals surface area (Å²) >= 11 is 0. The van der Waals surface area contributed by atoms with Gasteiger partial charge in [-0.1, -0.05) is 65.0 Å². The lowest BCUT2D eigenvalue weighted by Crippen LogP contribution is -2.38. The van der Waals surface area contributed by atoms with E-state index in [9.17, 15) is 4.79 Å². The third-order valence-corrected chi connectivity index (χ3v) is 4.60. The first kappa shape index (κ1) is 21.8. The average molecular weight is 384 g/mol. The Morgan fingerprint density at radius 3 is 2.25 bits per heavy atom. The third-order valence-electron chi connectivity index (χ3n) is 4.60. The maximum Gasteiger partial charge on any atom is 0.260 e. The first-order valence-electron chi connectivity index (χ1n) is 9.95. The molecule has 4 nitrogen and oxygen atoms in total. The van der Waals surface area contributed by atoms with Crippen LogP contribution in [0.2, 0.25) is 0 Å². The van der Waals surface area contributed by atoms with Crippen molar-refractivity contribution in [2.75, 3.05) is 13.2 Å². The normalized spacial score (nSPS) is 12.5. The Balaban J connectivity index is 1.78. The highest BCUT2D eigenvalue weighted by atomic mass is 16.5. The molecule has 0 aromatic heterocycles. The number of hydrogen-bond acceptors (Lipinski definition) is 3. The zero-order chi connectivity index (χ0) is 20.7. The first-order chi connectivity index (χ1) is 13.2.